The van der Waals surface area contributed by atoms with E-state index in [0.29, 0.717) is 30.4 Å². The van der Waals surface area contributed by atoms with Crippen molar-refractivity contribution in [3.63, 3.8) is 0 Å². The number of rotatable bonds is 6. The fourth-order valence-electron chi connectivity index (χ4n) is 4.92. The summed E-state index contributed by atoms with van der Waals surface area (Å²) in [6.07, 6.45) is 3.60. The van der Waals surface area contributed by atoms with Crippen molar-refractivity contribution < 1.29 is 14.3 Å². The van der Waals surface area contributed by atoms with Crippen LogP contribution in [0.25, 0.3) is 33.4 Å². The summed E-state index contributed by atoms with van der Waals surface area (Å²) < 4.78 is 5.58. The van der Waals surface area contributed by atoms with Crippen LogP contribution in [0.2, 0.25) is 0 Å². The number of hydrogen-bond acceptors (Lipinski definition) is 7. The van der Waals surface area contributed by atoms with Gasteiger partial charge in [0.15, 0.2) is 5.82 Å². The number of benzene rings is 3. The van der Waals surface area contributed by atoms with Gasteiger partial charge in [-0.1, -0.05) is 12.1 Å². The molecule has 10 nitrogen and oxygen atoms in total. The SMILES string of the molecule is CC(=O)N(C)c1ccc(NC(=O)Nc2ccc(-c3nc(N4CCOCC4)c4ccc(-c5cccnc5)cc4n3)cc2)cc1. The Labute approximate surface area is 249 Å². The van der Waals surface area contributed by atoms with Crippen molar-refractivity contribution in [2.45, 2.75) is 6.92 Å². The lowest BCUT2D eigenvalue weighted by Crippen LogP contribution is -2.37. The number of aromatic nitrogens is 3. The number of pyridine rings is 1. The predicted molar refractivity (Wildman–Crippen MR) is 169 cm³/mol. The molecule has 0 spiro atoms. The van der Waals surface area contributed by atoms with Gasteiger partial charge in [0.05, 0.1) is 18.7 Å². The Kier molecular flexibility index (Phi) is 7.92. The number of morpholine rings is 1. The highest BCUT2D eigenvalue weighted by Gasteiger charge is 2.19. The number of urea groups is 1. The average molecular weight is 574 g/mol. The first kappa shape index (κ1) is 27.8. The fourth-order valence-corrected chi connectivity index (χ4v) is 4.92. The van der Waals surface area contributed by atoms with E-state index >= 15 is 0 Å². The molecule has 1 aliphatic rings. The van der Waals surface area contributed by atoms with Gasteiger partial charge in [-0.2, -0.15) is 0 Å². The van der Waals surface area contributed by atoms with Crippen LogP contribution >= 0.6 is 0 Å². The Morgan fingerprint density at radius 1 is 0.837 bits per heavy atom. The molecule has 2 N–H and O–H groups in total. The van der Waals surface area contributed by atoms with E-state index in [2.05, 4.69) is 38.7 Å². The Balaban J connectivity index is 1.23. The van der Waals surface area contributed by atoms with E-state index in [4.69, 9.17) is 14.7 Å². The maximum absolute atomic E-state index is 12.6. The van der Waals surface area contributed by atoms with Crippen LogP contribution in [0.5, 0.6) is 0 Å². The standard InChI is InChI=1S/C33H31N7O3/c1-22(41)39(2)28-12-10-27(11-13-28)36-33(42)35-26-8-5-23(6-9-26)31-37-30-20-24(25-4-3-15-34-21-25)7-14-29(30)32(38-31)40-16-18-43-19-17-40/h3-15,20-21H,16-19H2,1-2H3,(H2,35,36,42). The molecule has 0 bridgehead atoms. The summed E-state index contributed by atoms with van der Waals surface area (Å²) in [4.78, 5) is 42.2. The van der Waals surface area contributed by atoms with E-state index < -0.39 is 0 Å². The summed E-state index contributed by atoms with van der Waals surface area (Å²) in [6.45, 7) is 4.31. The van der Waals surface area contributed by atoms with E-state index in [1.54, 1.807) is 37.5 Å². The van der Waals surface area contributed by atoms with Crippen LogP contribution in [0.4, 0.5) is 27.7 Å². The molecule has 1 saturated heterocycles. The number of nitrogens with one attached hydrogen (secondary N) is 2. The van der Waals surface area contributed by atoms with Crippen LogP contribution in [-0.2, 0) is 9.53 Å². The molecule has 3 amide bonds. The van der Waals surface area contributed by atoms with Gasteiger partial charge in [-0.3, -0.25) is 9.78 Å². The molecule has 2 aromatic heterocycles. The van der Waals surface area contributed by atoms with Gasteiger partial charge in [-0.25, -0.2) is 14.8 Å². The zero-order valence-corrected chi connectivity index (χ0v) is 23.9. The van der Waals surface area contributed by atoms with Crippen molar-refractivity contribution in [2.75, 3.05) is 53.8 Å². The molecule has 5 aromatic rings. The van der Waals surface area contributed by atoms with Gasteiger partial charge in [-0.15, -0.1) is 0 Å². The number of amides is 3. The number of nitrogens with zero attached hydrogens (tertiary/aromatic N) is 5. The van der Waals surface area contributed by atoms with E-state index in [0.717, 1.165) is 52.2 Å². The van der Waals surface area contributed by atoms with Crippen molar-refractivity contribution in [2.24, 2.45) is 0 Å². The van der Waals surface area contributed by atoms with Crippen LogP contribution in [0.15, 0.2) is 91.3 Å². The highest BCUT2D eigenvalue weighted by molar-refractivity contribution is 6.00. The molecule has 0 atom stereocenters. The molecule has 43 heavy (non-hydrogen) atoms. The van der Waals surface area contributed by atoms with E-state index in [9.17, 15) is 9.59 Å². The Morgan fingerprint density at radius 2 is 1.51 bits per heavy atom. The predicted octanol–water partition coefficient (Wildman–Crippen LogP) is 5.82. The molecule has 216 valence electrons. The minimum absolute atomic E-state index is 0.0669. The molecule has 0 saturated carbocycles. The molecule has 1 aliphatic heterocycles. The van der Waals surface area contributed by atoms with E-state index in [-0.39, 0.29) is 11.9 Å². The normalized spacial score (nSPS) is 13.0. The molecule has 0 aliphatic carbocycles. The number of fused-ring (bicyclic) bond motifs is 1. The van der Waals surface area contributed by atoms with Gasteiger partial charge in [0.25, 0.3) is 0 Å². The Hall–Kier alpha value is -5.35. The van der Waals surface area contributed by atoms with Crippen molar-refractivity contribution in [3.8, 4) is 22.5 Å². The summed E-state index contributed by atoms with van der Waals surface area (Å²) in [5.74, 6) is 1.41. The van der Waals surface area contributed by atoms with E-state index in [1.807, 2.05) is 42.6 Å². The van der Waals surface area contributed by atoms with Crippen LogP contribution in [-0.4, -0.2) is 60.2 Å². The maximum atomic E-state index is 12.6. The second kappa shape index (κ2) is 12.3. The van der Waals surface area contributed by atoms with Crippen molar-refractivity contribution in [3.05, 3.63) is 91.3 Å². The number of hydrogen-bond donors (Lipinski definition) is 2. The van der Waals surface area contributed by atoms with Crippen molar-refractivity contribution >= 4 is 45.7 Å². The lowest BCUT2D eigenvalue weighted by atomic mass is 10.0. The van der Waals surface area contributed by atoms with Crippen LogP contribution in [0, 0.1) is 0 Å². The Bertz CT molecular complexity index is 1750. The van der Waals surface area contributed by atoms with Gasteiger partial charge >= 0.3 is 6.03 Å². The smallest absolute Gasteiger partial charge is 0.323 e. The molecule has 1 fully saturated rings. The number of ether oxygens (including phenoxy) is 1. The van der Waals surface area contributed by atoms with Gasteiger partial charge in [0, 0.05) is 73.0 Å². The number of carbonyl (C=O) groups is 2. The van der Waals surface area contributed by atoms with Gasteiger partial charge < -0.3 is 25.2 Å². The highest BCUT2D eigenvalue weighted by Crippen LogP contribution is 2.32. The summed E-state index contributed by atoms with van der Waals surface area (Å²) in [6, 6.07) is 24.3. The molecule has 0 unspecified atom stereocenters. The fraction of sp³-hybridized carbons (Fsp3) is 0.182. The van der Waals surface area contributed by atoms with Gasteiger partial charge in [-0.05, 0) is 72.3 Å². The first-order valence-electron chi connectivity index (χ1n) is 14.0. The molecule has 6 rings (SSSR count). The second-order valence-electron chi connectivity index (χ2n) is 10.2. The molecule has 10 heteroatoms. The molecule has 0 radical (unpaired) electrons. The molecular formula is C33H31N7O3. The first-order chi connectivity index (χ1) is 20.9. The first-order valence-corrected chi connectivity index (χ1v) is 14.0. The number of anilines is 4. The minimum Gasteiger partial charge on any atom is -0.378 e. The Morgan fingerprint density at radius 3 is 2.16 bits per heavy atom. The van der Waals surface area contributed by atoms with E-state index in [1.165, 1.54) is 11.8 Å². The average Bonchev–Trinajstić information content (AvgIpc) is 3.05. The van der Waals surface area contributed by atoms with Gasteiger partial charge in [0.2, 0.25) is 5.91 Å². The highest BCUT2D eigenvalue weighted by atomic mass is 16.5. The second-order valence-corrected chi connectivity index (χ2v) is 10.2. The largest absolute Gasteiger partial charge is 0.378 e. The lowest BCUT2D eigenvalue weighted by Gasteiger charge is -2.29. The quantitative estimate of drug-likeness (QED) is 0.263. The van der Waals surface area contributed by atoms with Gasteiger partial charge in [0.1, 0.15) is 5.82 Å². The van der Waals surface area contributed by atoms with Crippen LogP contribution in [0.1, 0.15) is 6.92 Å². The summed E-state index contributed by atoms with van der Waals surface area (Å²) >= 11 is 0. The molecule has 3 heterocycles. The molecular weight excluding hydrogens is 542 g/mol. The number of carbonyl (C=O) groups excluding carboxylic acids is 2. The zero-order chi connectivity index (χ0) is 29.8. The van der Waals surface area contributed by atoms with Crippen LogP contribution in [0.3, 0.4) is 0 Å². The van der Waals surface area contributed by atoms with Crippen LogP contribution < -0.4 is 20.4 Å². The van der Waals surface area contributed by atoms with Crippen molar-refractivity contribution in [1.82, 2.24) is 15.0 Å². The maximum Gasteiger partial charge on any atom is 0.323 e. The monoisotopic (exact) mass is 573 g/mol. The third-order valence-electron chi connectivity index (χ3n) is 7.37. The topological polar surface area (TPSA) is 113 Å². The minimum atomic E-state index is -0.375. The van der Waals surface area contributed by atoms with Crippen molar-refractivity contribution in [1.29, 1.82) is 0 Å². The molecule has 3 aromatic carbocycles. The zero-order valence-electron chi connectivity index (χ0n) is 23.9. The summed E-state index contributed by atoms with van der Waals surface area (Å²) in [5, 5.41) is 6.66. The third-order valence-corrected chi connectivity index (χ3v) is 7.37. The lowest BCUT2D eigenvalue weighted by molar-refractivity contribution is -0.116. The summed E-state index contributed by atoms with van der Waals surface area (Å²) in [5.41, 5.74) is 5.71. The third kappa shape index (κ3) is 6.29. The summed E-state index contributed by atoms with van der Waals surface area (Å²) in [7, 11) is 1.70.